The molecule has 10 heteroatoms. The molecular formula is C22H26F2N6O2. The molecule has 1 aliphatic carbocycles. The summed E-state index contributed by atoms with van der Waals surface area (Å²) in [6, 6.07) is 1.84. The first-order chi connectivity index (χ1) is 15.3. The summed E-state index contributed by atoms with van der Waals surface area (Å²) in [5, 5.41) is 12.6. The molecule has 0 aromatic carbocycles. The molecule has 3 aromatic rings. The number of alkyl halides is 2. The molecule has 1 saturated heterocycles. The van der Waals surface area contributed by atoms with Crippen molar-refractivity contribution in [2.45, 2.75) is 57.1 Å². The Bertz CT molecular complexity index is 1150. The van der Waals surface area contributed by atoms with Gasteiger partial charge in [0.05, 0.1) is 28.8 Å². The van der Waals surface area contributed by atoms with Gasteiger partial charge >= 0.3 is 0 Å². The van der Waals surface area contributed by atoms with E-state index in [1.807, 2.05) is 32.4 Å². The second kappa shape index (κ2) is 7.83. The lowest BCUT2D eigenvalue weighted by molar-refractivity contribution is -0.119. The molecule has 0 radical (unpaired) electrons. The maximum Gasteiger partial charge on any atom is 0.248 e. The van der Waals surface area contributed by atoms with Crippen molar-refractivity contribution in [3.05, 3.63) is 24.7 Å². The van der Waals surface area contributed by atoms with Gasteiger partial charge in [-0.05, 0) is 25.8 Å². The predicted octanol–water partition coefficient (Wildman–Crippen LogP) is 3.49. The lowest BCUT2D eigenvalue weighted by Crippen LogP contribution is -2.26. The molecule has 32 heavy (non-hydrogen) atoms. The molecule has 1 amide bonds. The van der Waals surface area contributed by atoms with Crippen molar-refractivity contribution in [1.82, 2.24) is 29.9 Å². The molecule has 0 spiro atoms. The number of nitrogens with one attached hydrogen (secondary N) is 1. The minimum atomic E-state index is -2.57. The maximum absolute atomic E-state index is 13.5. The lowest BCUT2D eigenvalue weighted by atomic mass is 9.92. The second-order valence-electron chi connectivity index (χ2n) is 8.94. The van der Waals surface area contributed by atoms with Gasteiger partial charge in [0, 0.05) is 56.7 Å². The number of hydrogen-bond donors (Lipinski definition) is 1. The molecule has 1 saturated carbocycles. The maximum atomic E-state index is 13.5. The van der Waals surface area contributed by atoms with Crippen LogP contribution in [0.15, 0.2) is 24.7 Å². The van der Waals surface area contributed by atoms with E-state index in [1.54, 1.807) is 15.6 Å². The van der Waals surface area contributed by atoms with E-state index in [-0.39, 0.29) is 36.8 Å². The van der Waals surface area contributed by atoms with Gasteiger partial charge in [-0.3, -0.25) is 14.2 Å². The Balaban J connectivity index is 1.42. The second-order valence-corrected chi connectivity index (χ2v) is 8.94. The van der Waals surface area contributed by atoms with Crippen molar-refractivity contribution in [3.63, 3.8) is 0 Å². The number of ether oxygens (including phenoxy) is 1. The van der Waals surface area contributed by atoms with Crippen LogP contribution in [0, 0.1) is 5.92 Å². The molecule has 1 N–H and O–H groups in total. The molecule has 2 fully saturated rings. The molecule has 1 aliphatic heterocycles. The number of carbonyl (C=O) groups is 1. The van der Waals surface area contributed by atoms with Gasteiger partial charge in [-0.25, -0.2) is 13.8 Å². The quantitative estimate of drug-likeness (QED) is 0.651. The number of amides is 1. The summed E-state index contributed by atoms with van der Waals surface area (Å²) in [5.74, 6) is -2.00. The number of carbonyl (C=O) groups excluding carboxylic acids is 1. The van der Waals surface area contributed by atoms with Crippen molar-refractivity contribution in [1.29, 1.82) is 0 Å². The summed E-state index contributed by atoms with van der Waals surface area (Å²) in [5.41, 5.74) is 2.18. The van der Waals surface area contributed by atoms with E-state index in [0.717, 1.165) is 16.5 Å². The predicted molar refractivity (Wildman–Crippen MR) is 113 cm³/mol. The fourth-order valence-electron chi connectivity index (χ4n) is 4.54. The van der Waals surface area contributed by atoms with Gasteiger partial charge in [0.15, 0.2) is 0 Å². The first-order valence-corrected chi connectivity index (χ1v) is 11.0. The number of halogens is 2. The zero-order chi connectivity index (χ0) is 22.5. The number of pyridine rings is 1. The molecular weight excluding hydrogens is 418 g/mol. The minimum absolute atomic E-state index is 0.0339. The average Bonchev–Trinajstić information content (AvgIpc) is 3.47. The topological polar surface area (TPSA) is 86.9 Å². The van der Waals surface area contributed by atoms with E-state index >= 15 is 0 Å². The Morgan fingerprint density at radius 1 is 1.28 bits per heavy atom. The van der Waals surface area contributed by atoms with E-state index in [2.05, 4.69) is 15.5 Å². The third-order valence-corrected chi connectivity index (χ3v) is 6.51. The Morgan fingerprint density at radius 2 is 2.06 bits per heavy atom. The van der Waals surface area contributed by atoms with Gasteiger partial charge in [0.25, 0.3) is 0 Å². The number of aromatic nitrogens is 5. The standard InChI is InChI=1S/C22H26F2N6O2/c1-13(14-7-20(31)25-9-14)32-21-17-12-29(2)28-19(17)8-18(27-21)15-10-26-30(11-15)16-3-5-22(23,24)6-4-16/h8,10-14,16H,3-7,9H2,1-2H3,(H,25,31). The Kier molecular flexibility index (Phi) is 5.10. The number of rotatable bonds is 5. The van der Waals surface area contributed by atoms with Crippen molar-refractivity contribution in [2.75, 3.05) is 6.54 Å². The summed E-state index contributed by atoms with van der Waals surface area (Å²) < 4.78 is 36.7. The molecule has 8 nitrogen and oxygen atoms in total. The minimum Gasteiger partial charge on any atom is -0.474 e. The smallest absolute Gasteiger partial charge is 0.248 e. The molecule has 170 valence electrons. The van der Waals surface area contributed by atoms with Gasteiger partial charge in [0.1, 0.15) is 6.10 Å². The van der Waals surface area contributed by atoms with Crippen LogP contribution in [0.3, 0.4) is 0 Å². The van der Waals surface area contributed by atoms with Crippen molar-refractivity contribution in [3.8, 4) is 17.1 Å². The fraction of sp³-hybridized carbons (Fsp3) is 0.545. The van der Waals surface area contributed by atoms with E-state index < -0.39 is 5.92 Å². The van der Waals surface area contributed by atoms with Gasteiger partial charge in [-0.2, -0.15) is 10.2 Å². The molecule has 5 rings (SSSR count). The SMILES string of the molecule is CC(Oc1nc(-c2cnn(C3CCC(F)(F)CC3)c2)cc2nn(C)cc12)C1CNC(=O)C1. The molecule has 4 heterocycles. The third-order valence-electron chi connectivity index (χ3n) is 6.51. The van der Waals surface area contributed by atoms with Crippen LogP contribution < -0.4 is 10.1 Å². The van der Waals surface area contributed by atoms with Crippen molar-refractivity contribution in [2.24, 2.45) is 13.0 Å². The summed E-state index contributed by atoms with van der Waals surface area (Å²) in [7, 11) is 1.84. The largest absolute Gasteiger partial charge is 0.474 e. The zero-order valence-corrected chi connectivity index (χ0v) is 18.1. The average molecular weight is 444 g/mol. The summed E-state index contributed by atoms with van der Waals surface area (Å²) >= 11 is 0. The Labute approximate surface area is 183 Å². The summed E-state index contributed by atoms with van der Waals surface area (Å²) in [6.45, 7) is 2.53. The fourth-order valence-corrected chi connectivity index (χ4v) is 4.54. The van der Waals surface area contributed by atoms with Crippen LogP contribution in [0.25, 0.3) is 22.2 Å². The molecule has 2 aliphatic rings. The van der Waals surface area contributed by atoms with Crippen LogP contribution in [0.2, 0.25) is 0 Å². The number of aryl methyl sites for hydroxylation is 1. The molecule has 0 bridgehead atoms. The molecule has 3 aromatic heterocycles. The van der Waals surface area contributed by atoms with E-state index in [1.165, 1.54) is 0 Å². The number of nitrogens with zero attached hydrogens (tertiary/aromatic N) is 5. The first-order valence-electron chi connectivity index (χ1n) is 11.0. The van der Waals surface area contributed by atoms with Gasteiger partial charge < -0.3 is 10.1 Å². The highest BCUT2D eigenvalue weighted by Gasteiger charge is 2.36. The summed E-state index contributed by atoms with van der Waals surface area (Å²) in [4.78, 5) is 16.3. The highest BCUT2D eigenvalue weighted by Crippen LogP contribution is 2.39. The van der Waals surface area contributed by atoms with Crippen molar-refractivity contribution >= 4 is 16.8 Å². The monoisotopic (exact) mass is 444 g/mol. The van der Waals surface area contributed by atoms with E-state index in [4.69, 9.17) is 9.72 Å². The number of fused-ring (bicyclic) bond motifs is 1. The highest BCUT2D eigenvalue weighted by atomic mass is 19.3. The normalized spacial score (nSPS) is 22.2. The molecule has 2 atom stereocenters. The van der Waals surface area contributed by atoms with Crippen molar-refractivity contribution < 1.29 is 18.3 Å². The van der Waals surface area contributed by atoms with Crippen LogP contribution in [-0.2, 0) is 11.8 Å². The highest BCUT2D eigenvalue weighted by molar-refractivity contribution is 5.86. The zero-order valence-electron chi connectivity index (χ0n) is 18.1. The third kappa shape index (κ3) is 4.05. The van der Waals surface area contributed by atoms with Crippen LogP contribution in [0.4, 0.5) is 8.78 Å². The number of hydrogen-bond acceptors (Lipinski definition) is 5. The van der Waals surface area contributed by atoms with Crippen LogP contribution >= 0.6 is 0 Å². The van der Waals surface area contributed by atoms with E-state index in [9.17, 15) is 13.6 Å². The van der Waals surface area contributed by atoms with E-state index in [0.29, 0.717) is 37.4 Å². The first kappa shape index (κ1) is 20.8. The van der Waals surface area contributed by atoms with Gasteiger partial charge in [-0.15, -0.1) is 0 Å². The van der Waals surface area contributed by atoms with Crippen LogP contribution in [0.5, 0.6) is 5.88 Å². The van der Waals surface area contributed by atoms with Gasteiger partial charge in [0.2, 0.25) is 17.7 Å². The Morgan fingerprint density at radius 3 is 2.78 bits per heavy atom. The Hall–Kier alpha value is -3.04. The van der Waals surface area contributed by atoms with Crippen LogP contribution in [0.1, 0.15) is 45.1 Å². The van der Waals surface area contributed by atoms with Crippen LogP contribution in [-0.4, -0.2) is 49.0 Å². The lowest BCUT2D eigenvalue weighted by Gasteiger charge is -2.28. The summed E-state index contributed by atoms with van der Waals surface area (Å²) in [6.07, 6.45) is 6.24. The molecule has 2 unspecified atom stereocenters. The van der Waals surface area contributed by atoms with Gasteiger partial charge in [-0.1, -0.05) is 0 Å².